The highest BCUT2D eigenvalue weighted by atomic mass is 32.1. The van der Waals surface area contributed by atoms with Crippen LogP contribution >= 0.6 is 11.3 Å². The SMILES string of the molecule is Cc1ccn(CC(=O)Nc2c(C(N)=O)sc3nc(C(F)F)cc(-c4ccccc4)c23)n1. The molecule has 0 aliphatic rings. The second-order valence-corrected chi connectivity index (χ2v) is 7.81. The molecule has 4 aromatic rings. The van der Waals surface area contributed by atoms with E-state index in [9.17, 15) is 18.4 Å². The number of fused-ring (bicyclic) bond motifs is 1. The largest absolute Gasteiger partial charge is 0.365 e. The van der Waals surface area contributed by atoms with Crippen molar-refractivity contribution in [3.8, 4) is 11.1 Å². The number of carbonyl (C=O) groups is 2. The van der Waals surface area contributed by atoms with E-state index in [2.05, 4.69) is 15.4 Å². The highest BCUT2D eigenvalue weighted by molar-refractivity contribution is 7.21. The molecule has 0 atom stereocenters. The zero-order valence-electron chi connectivity index (χ0n) is 16.3. The van der Waals surface area contributed by atoms with Gasteiger partial charge >= 0.3 is 0 Å². The van der Waals surface area contributed by atoms with E-state index in [1.54, 1.807) is 49.5 Å². The first-order valence-corrected chi connectivity index (χ1v) is 10.1. The van der Waals surface area contributed by atoms with Crippen molar-refractivity contribution in [3.05, 3.63) is 64.9 Å². The van der Waals surface area contributed by atoms with E-state index in [0.29, 0.717) is 16.5 Å². The number of carbonyl (C=O) groups excluding carboxylic acids is 2. The third kappa shape index (κ3) is 4.15. The fourth-order valence-corrected chi connectivity index (χ4v) is 4.26. The minimum atomic E-state index is -2.80. The van der Waals surface area contributed by atoms with Gasteiger partial charge in [-0.2, -0.15) is 5.10 Å². The predicted octanol–water partition coefficient (Wildman–Crippen LogP) is 4.14. The van der Waals surface area contributed by atoms with Crippen LogP contribution in [0.15, 0.2) is 48.7 Å². The Morgan fingerprint density at radius 3 is 2.58 bits per heavy atom. The van der Waals surface area contributed by atoms with Crippen molar-refractivity contribution < 1.29 is 18.4 Å². The molecule has 2 amide bonds. The number of amides is 2. The number of anilines is 1. The molecule has 0 unspecified atom stereocenters. The molecule has 31 heavy (non-hydrogen) atoms. The summed E-state index contributed by atoms with van der Waals surface area (Å²) in [6.07, 6.45) is -1.14. The maximum atomic E-state index is 13.5. The molecule has 0 aliphatic carbocycles. The molecule has 10 heteroatoms. The molecule has 7 nitrogen and oxygen atoms in total. The molecule has 4 rings (SSSR count). The third-order valence-corrected chi connectivity index (χ3v) is 5.66. The molecule has 3 heterocycles. The number of halogens is 2. The lowest BCUT2D eigenvalue weighted by molar-refractivity contribution is -0.116. The minimum absolute atomic E-state index is 0.0380. The molecule has 3 aromatic heterocycles. The topological polar surface area (TPSA) is 103 Å². The van der Waals surface area contributed by atoms with Crippen molar-refractivity contribution in [1.29, 1.82) is 0 Å². The van der Waals surface area contributed by atoms with E-state index in [1.165, 1.54) is 10.7 Å². The van der Waals surface area contributed by atoms with Gasteiger partial charge in [-0.05, 0) is 30.2 Å². The normalized spacial score (nSPS) is 11.2. The number of alkyl halides is 2. The van der Waals surface area contributed by atoms with Crippen LogP contribution in [0, 0.1) is 6.92 Å². The number of thiophene rings is 1. The Morgan fingerprint density at radius 2 is 1.97 bits per heavy atom. The van der Waals surface area contributed by atoms with Crippen LogP contribution in [-0.2, 0) is 11.3 Å². The Morgan fingerprint density at radius 1 is 1.23 bits per heavy atom. The van der Waals surface area contributed by atoms with Crippen molar-refractivity contribution in [2.45, 2.75) is 19.9 Å². The van der Waals surface area contributed by atoms with Crippen molar-refractivity contribution in [3.63, 3.8) is 0 Å². The van der Waals surface area contributed by atoms with Crippen LogP contribution in [0.5, 0.6) is 0 Å². The summed E-state index contributed by atoms with van der Waals surface area (Å²) in [5.41, 5.74) is 7.08. The summed E-state index contributed by atoms with van der Waals surface area (Å²) in [7, 11) is 0. The number of hydrogen-bond acceptors (Lipinski definition) is 5. The van der Waals surface area contributed by atoms with Crippen molar-refractivity contribution in [2.75, 3.05) is 5.32 Å². The van der Waals surface area contributed by atoms with Crippen LogP contribution < -0.4 is 11.1 Å². The van der Waals surface area contributed by atoms with E-state index in [4.69, 9.17) is 5.73 Å². The number of nitrogens with zero attached hydrogens (tertiary/aromatic N) is 3. The molecule has 0 fully saturated rings. The summed E-state index contributed by atoms with van der Waals surface area (Å²) in [5, 5.41) is 7.27. The number of nitrogens with two attached hydrogens (primary N) is 1. The molecule has 0 spiro atoms. The zero-order valence-corrected chi connectivity index (χ0v) is 17.1. The van der Waals surface area contributed by atoms with Crippen LogP contribution in [0.1, 0.15) is 27.5 Å². The van der Waals surface area contributed by atoms with Crippen LogP contribution in [0.25, 0.3) is 21.3 Å². The van der Waals surface area contributed by atoms with E-state index >= 15 is 0 Å². The second kappa shape index (κ2) is 8.23. The first kappa shape index (κ1) is 20.6. The minimum Gasteiger partial charge on any atom is -0.365 e. The second-order valence-electron chi connectivity index (χ2n) is 6.81. The summed E-state index contributed by atoms with van der Waals surface area (Å²) in [4.78, 5) is 29.0. The monoisotopic (exact) mass is 441 g/mol. The van der Waals surface area contributed by atoms with Crippen LogP contribution in [0.3, 0.4) is 0 Å². The summed E-state index contributed by atoms with van der Waals surface area (Å²) in [5.74, 6) is -1.23. The fourth-order valence-electron chi connectivity index (χ4n) is 3.24. The van der Waals surface area contributed by atoms with E-state index in [-0.39, 0.29) is 21.9 Å². The predicted molar refractivity (Wildman–Crippen MR) is 114 cm³/mol. The molecular formula is C21H17F2N5O2S. The summed E-state index contributed by atoms with van der Waals surface area (Å²) in [6, 6.07) is 11.9. The lowest BCUT2D eigenvalue weighted by atomic mass is 10.0. The van der Waals surface area contributed by atoms with Gasteiger partial charge in [0.1, 0.15) is 21.9 Å². The standard InChI is InChI=1S/C21H17F2N5O2S/c1-11-7-8-28(27-11)10-15(29)26-17-16-13(12-5-3-2-4-6-12)9-14(19(22)23)25-21(16)31-18(17)20(24)30/h2-9,19H,10H2,1H3,(H2,24,30)(H,26,29). The van der Waals surface area contributed by atoms with Gasteiger partial charge in [0, 0.05) is 11.6 Å². The van der Waals surface area contributed by atoms with Gasteiger partial charge in [0.05, 0.1) is 11.4 Å². The van der Waals surface area contributed by atoms with Gasteiger partial charge in [-0.3, -0.25) is 14.3 Å². The highest BCUT2D eigenvalue weighted by Gasteiger charge is 2.25. The van der Waals surface area contributed by atoms with Gasteiger partial charge in [-0.25, -0.2) is 13.8 Å². The Hall–Kier alpha value is -3.66. The number of benzene rings is 1. The third-order valence-electron chi connectivity index (χ3n) is 4.56. The number of nitrogens with one attached hydrogen (secondary N) is 1. The van der Waals surface area contributed by atoms with Crippen molar-refractivity contribution in [1.82, 2.24) is 14.8 Å². The summed E-state index contributed by atoms with van der Waals surface area (Å²) in [6.45, 7) is 1.71. The fraction of sp³-hybridized carbons (Fsp3) is 0.143. The number of aryl methyl sites for hydroxylation is 1. The van der Waals surface area contributed by atoms with Crippen LogP contribution in [0.2, 0.25) is 0 Å². The highest BCUT2D eigenvalue weighted by Crippen LogP contribution is 2.42. The van der Waals surface area contributed by atoms with Gasteiger partial charge in [0.25, 0.3) is 12.3 Å². The smallest absolute Gasteiger partial charge is 0.280 e. The van der Waals surface area contributed by atoms with Gasteiger partial charge < -0.3 is 11.1 Å². The maximum Gasteiger partial charge on any atom is 0.280 e. The number of aromatic nitrogens is 3. The average molecular weight is 441 g/mol. The number of hydrogen-bond donors (Lipinski definition) is 2. The molecule has 0 bridgehead atoms. The molecule has 3 N–H and O–H groups in total. The van der Waals surface area contributed by atoms with Gasteiger partial charge in [-0.1, -0.05) is 30.3 Å². The first-order chi connectivity index (χ1) is 14.8. The molecule has 0 saturated heterocycles. The van der Waals surface area contributed by atoms with E-state index < -0.39 is 23.9 Å². The Labute approximate surface area is 179 Å². The van der Waals surface area contributed by atoms with Gasteiger partial charge in [0.2, 0.25) is 5.91 Å². The van der Waals surface area contributed by atoms with Crippen molar-refractivity contribution >= 4 is 39.1 Å². The first-order valence-electron chi connectivity index (χ1n) is 9.24. The Balaban J connectivity index is 1.87. The maximum absolute atomic E-state index is 13.5. The Bertz CT molecular complexity index is 1280. The molecule has 158 valence electrons. The number of primary amides is 1. The molecular weight excluding hydrogens is 424 g/mol. The molecule has 0 aliphatic heterocycles. The van der Waals surface area contributed by atoms with E-state index in [1.807, 2.05) is 0 Å². The summed E-state index contributed by atoms with van der Waals surface area (Å²) >= 11 is 0.869. The average Bonchev–Trinajstić information content (AvgIpc) is 3.31. The molecule has 1 aromatic carbocycles. The quantitative estimate of drug-likeness (QED) is 0.469. The lowest BCUT2D eigenvalue weighted by Crippen LogP contribution is -2.21. The number of pyridine rings is 1. The van der Waals surface area contributed by atoms with Crippen LogP contribution in [0.4, 0.5) is 14.5 Å². The lowest BCUT2D eigenvalue weighted by Gasteiger charge is -2.11. The number of rotatable bonds is 6. The summed E-state index contributed by atoms with van der Waals surface area (Å²) < 4.78 is 28.4. The Kier molecular flexibility index (Phi) is 5.47. The van der Waals surface area contributed by atoms with E-state index in [0.717, 1.165) is 17.0 Å². The van der Waals surface area contributed by atoms with Crippen LogP contribution in [-0.4, -0.2) is 26.6 Å². The van der Waals surface area contributed by atoms with Gasteiger partial charge in [0.15, 0.2) is 0 Å². The molecule has 0 saturated carbocycles. The van der Waals surface area contributed by atoms with Gasteiger partial charge in [-0.15, -0.1) is 11.3 Å². The van der Waals surface area contributed by atoms with Crippen molar-refractivity contribution in [2.24, 2.45) is 5.73 Å². The zero-order chi connectivity index (χ0) is 22.1. The molecule has 0 radical (unpaired) electrons.